The Morgan fingerprint density at radius 3 is 2.43 bits per heavy atom. The van der Waals surface area contributed by atoms with Crippen LogP contribution >= 0.6 is 18.9 Å². The monoisotopic (exact) mass is 310 g/mol. The molecule has 82 valence electrons. The predicted molar refractivity (Wildman–Crippen MR) is 69.8 cm³/mol. The van der Waals surface area contributed by atoms with E-state index in [4.69, 9.17) is 9.47 Å². The molecule has 2 fully saturated rings. The minimum absolute atomic E-state index is 0.0152. The van der Waals surface area contributed by atoms with Gasteiger partial charge in [-0.2, -0.15) is 0 Å². The van der Waals surface area contributed by atoms with E-state index in [0.29, 0.717) is 6.10 Å². The van der Waals surface area contributed by atoms with E-state index in [0.717, 1.165) is 13.2 Å². The highest BCUT2D eigenvalue weighted by Gasteiger charge is 2.44. The van der Waals surface area contributed by atoms with Crippen LogP contribution in [0.1, 0.15) is 32.1 Å². The number of alkyl halides is 1. The lowest BCUT2D eigenvalue weighted by Gasteiger charge is -2.23. The van der Waals surface area contributed by atoms with Crippen LogP contribution < -0.4 is 0 Å². The van der Waals surface area contributed by atoms with Gasteiger partial charge in [0.2, 0.25) is 0 Å². The Kier molecular flexibility index (Phi) is 3.50. The fraction of sp³-hybridized carbons (Fsp3) is 0.818. The smallest absolute Gasteiger partial charge is 0.155 e. The summed E-state index contributed by atoms with van der Waals surface area (Å²) in [5, 5.41) is 0. The van der Waals surface area contributed by atoms with Gasteiger partial charge in [0, 0.05) is 0 Å². The maximum atomic E-state index is 5.91. The SMILES string of the molecule is C=I(=C)[C@]1(COC2CCCCC2)CO1. The lowest BCUT2D eigenvalue weighted by molar-refractivity contribution is 0.0174. The van der Waals surface area contributed by atoms with Crippen LogP contribution in [-0.4, -0.2) is 32.0 Å². The Hall–Kier alpha value is 0.390. The largest absolute Gasteiger partial charge is 0.374 e. The van der Waals surface area contributed by atoms with Crippen LogP contribution in [0.2, 0.25) is 0 Å². The first-order chi connectivity index (χ1) is 6.73. The summed E-state index contributed by atoms with van der Waals surface area (Å²) in [6.45, 7) is 1.60. The van der Waals surface area contributed by atoms with Crippen molar-refractivity contribution in [2.45, 2.75) is 41.8 Å². The van der Waals surface area contributed by atoms with Gasteiger partial charge < -0.3 is 9.47 Å². The van der Waals surface area contributed by atoms with Gasteiger partial charge in [0.25, 0.3) is 0 Å². The van der Waals surface area contributed by atoms with E-state index in [1.54, 1.807) is 0 Å². The van der Waals surface area contributed by atoms with Crippen molar-refractivity contribution < 1.29 is 9.47 Å². The van der Waals surface area contributed by atoms with Crippen LogP contribution in [0, 0.1) is 0 Å². The highest BCUT2D eigenvalue weighted by molar-refractivity contribution is 14.2. The summed E-state index contributed by atoms with van der Waals surface area (Å²) < 4.78 is 19.5. The van der Waals surface area contributed by atoms with Crippen LogP contribution in [-0.2, 0) is 9.47 Å². The molecule has 1 saturated carbocycles. The molecular formula is C11H19IO2. The first kappa shape index (κ1) is 10.9. The van der Waals surface area contributed by atoms with Crippen molar-refractivity contribution in [3.8, 4) is 0 Å². The van der Waals surface area contributed by atoms with Crippen molar-refractivity contribution in [3.05, 3.63) is 0 Å². The van der Waals surface area contributed by atoms with Crippen molar-refractivity contribution in [1.29, 1.82) is 0 Å². The molecule has 0 bridgehead atoms. The zero-order valence-corrected chi connectivity index (χ0v) is 10.8. The molecule has 2 nitrogen and oxygen atoms in total. The van der Waals surface area contributed by atoms with Gasteiger partial charge in [-0.25, -0.2) is 0 Å². The summed E-state index contributed by atoms with van der Waals surface area (Å²) in [5.74, 6) is 0. The van der Waals surface area contributed by atoms with E-state index in [9.17, 15) is 0 Å². The second-order valence-corrected chi connectivity index (χ2v) is 8.77. The molecule has 1 aliphatic carbocycles. The van der Waals surface area contributed by atoms with Crippen molar-refractivity contribution >= 4 is 27.9 Å². The molecule has 0 N–H and O–H groups in total. The van der Waals surface area contributed by atoms with Crippen molar-refractivity contribution in [3.63, 3.8) is 0 Å². The van der Waals surface area contributed by atoms with Gasteiger partial charge in [-0.05, 0) is 12.8 Å². The topological polar surface area (TPSA) is 21.8 Å². The van der Waals surface area contributed by atoms with Crippen LogP contribution in [0.5, 0.6) is 0 Å². The number of rotatable bonds is 4. The molecule has 3 heteroatoms. The van der Waals surface area contributed by atoms with Crippen LogP contribution in [0.3, 0.4) is 0 Å². The molecule has 0 amide bonds. The summed E-state index contributed by atoms with van der Waals surface area (Å²) in [7, 11) is 0. The highest BCUT2D eigenvalue weighted by atomic mass is 127. The van der Waals surface area contributed by atoms with E-state index >= 15 is 0 Å². The first-order valence-electron chi connectivity index (χ1n) is 5.26. The van der Waals surface area contributed by atoms with E-state index in [-0.39, 0.29) is 3.61 Å². The van der Waals surface area contributed by atoms with Crippen LogP contribution in [0.25, 0.3) is 0 Å². The average molecular weight is 310 g/mol. The summed E-state index contributed by atoms with van der Waals surface area (Å²) in [5.41, 5.74) is 0. The molecule has 0 unspecified atom stereocenters. The Morgan fingerprint density at radius 2 is 1.93 bits per heavy atom. The summed E-state index contributed by atoms with van der Waals surface area (Å²) >= 11 is -1.35. The molecule has 1 aliphatic heterocycles. The zero-order chi connectivity index (χ0) is 10.0. The van der Waals surface area contributed by atoms with Crippen LogP contribution in [0.4, 0.5) is 0 Å². The van der Waals surface area contributed by atoms with Gasteiger partial charge in [-0.3, -0.25) is 0 Å². The first-order valence-corrected chi connectivity index (χ1v) is 9.39. The fourth-order valence-electron chi connectivity index (χ4n) is 1.87. The minimum Gasteiger partial charge on any atom is -0.374 e. The lowest BCUT2D eigenvalue weighted by Crippen LogP contribution is -2.23. The molecule has 14 heavy (non-hydrogen) atoms. The summed E-state index contributed by atoms with van der Waals surface area (Å²) in [6.07, 6.45) is 6.99. The molecule has 1 heterocycles. The molecule has 0 aromatic rings. The van der Waals surface area contributed by atoms with E-state index in [2.05, 4.69) is 9.03 Å². The molecule has 0 spiro atoms. The van der Waals surface area contributed by atoms with Gasteiger partial charge in [0.1, 0.15) is 0 Å². The van der Waals surface area contributed by atoms with Gasteiger partial charge in [0.05, 0.1) is 19.3 Å². The standard InChI is InChI=1S/C11H19IO2/c1-12(2)11(9-14-11)8-13-10-6-4-3-5-7-10/h10H,1-9H2/t11-/m0/s1. The second kappa shape index (κ2) is 4.49. The molecule has 2 aliphatic rings. The van der Waals surface area contributed by atoms with Crippen molar-refractivity contribution in [1.82, 2.24) is 0 Å². The number of epoxide rings is 1. The number of hydrogen-bond donors (Lipinski definition) is 0. The molecule has 1 atom stereocenters. The molecule has 0 radical (unpaired) electrons. The molecule has 1 saturated heterocycles. The minimum atomic E-state index is -1.35. The average Bonchev–Trinajstić information content (AvgIpc) is 2.97. The van der Waals surface area contributed by atoms with Crippen molar-refractivity contribution in [2.24, 2.45) is 0 Å². The quantitative estimate of drug-likeness (QED) is 0.452. The number of hydrogen-bond acceptors (Lipinski definition) is 2. The fourth-order valence-corrected chi connectivity index (χ4v) is 3.52. The highest BCUT2D eigenvalue weighted by Crippen LogP contribution is 2.43. The molecular weight excluding hydrogens is 291 g/mol. The van der Waals surface area contributed by atoms with Gasteiger partial charge >= 0.3 is 0 Å². The van der Waals surface area contributed by atoms with Crippen molar-refractivity contribution in [2.75, 3.05) is 13.2 Å². The maximum Gasteiger partial charge on any atom is 0.155 e. The van der Waals surface area contributed by atoms with E-state index < -0.39 is 18.9 Å². The third-order valence-electron chi connectivity index (χ3n) is 3.03. The van der Waals surface area contributed by atoms with Gasteiger partial charge in [-0.15, -0.1) is 18.9 Å². The Labute approximate surface area is 92.3 Å². The number of halogens is 1. The summed E-state index contributed by atoms with van der Waals surface area (Å²) in [4.78, 5) is 0. The van der Waals surface area contributed by atoms with Crippen LogP contribution in [0.15, 0.2) is 0 Å². The maximum absolute atomic E-state index is 5.91. The third kappa shape index (κ3) is 2.49. The predicted octanol–water partition coefficient (Wildman–Crippen LogP) is 2.43. The molecule has 0 aromatic carbocycles. The Bertz CT molecular complexity index is 252. The third-order valence-corrected chi connectivity index (χ3v) is 6.75. The molecule has 0 aromatic heterocycles. The van der Waals surface area contributed by atoms with Gasteiger partial charge in [-0.1, -0.05) is 28.3 Å². The van der Waals surface area contributed by atoms with E-state index in [1.165, 1.54) is 32.1 Å². The Morgan fingerprint density at radius 1 is 1.29 bits per heavy atom. The Balaban J connectivity index is 1.76. The number of ether oxygens (including phenoxy) is 2. The van der Waals surface area contributed by atoms with E-state index in [1.807, 2.05) is 0 Å². The van der Waals surface area contributed by atoms with Gasteiger partial charge in [0.15, 0.2) is 3.61 Å². The lowest BCUT2D eigenvalue weighted by atomic mass is 9.98. The zero-order valence-electron chi connectivity index (χ0n) is 8.64. The summed E-state index contributed by atoms with van der Waals surface area (Å²) in [6, 6.07) is 0. The normalized spacial score (nSPS) is 33.5. The molecule has 2 rings (SSSR count). The second-order valence-electron chi connectivity index (χ2n) is 4.20.